The number of nitrogens with zero attached hydrogens (tertiary/aromatic N) is 1. The molecule has 2 heterocycles. The lowest BCUT2D eigenvalue weighted by Crippen LogP contribution is -2.33. The van der Waals surface area contributed by atoms with E-state index in [1.54, 1.807) is 23.9 Å². The van der Waals surface area contributed by atoms with Gasteiger partial charge in [0.15, 0.2) is 0 Å². The molecule has 5 heteroatoms. The Balaban J connectivity index is 1.41. The minimum absolute atomic E-state index is 0.0144. The number of hydrogen-bond acceptors (Lipinski definition) is 5. The lowest BCUT2D eigenvalue weighted by Gasteiger charge is -2.35. The number of phenolic OH excluding ortho intramolecular Hbond substituents is 1. The van der Waals surface area contributed by atoms with Gasteiger partial charge in [-0.25, -0.2) is 0 Å². The number of piperidine rings is 1. The summed E-state index contributed by atoms with van der Waals surface area (Å²) in [6.45, 7) is 8.59. The van der Waals surface area contributed by atoms with Gasteiger partial charge in [-0.05, 0) is 67.7 Å². The number of thioether (sulfide) groups is 1. The molecule has 0 spiro atoms. The fourth-order valence-electron chi connectivity index (χ4n) is 4.07. The van der Waals surface area contributed by atoms with Gasteiger partial charge in [0, 0.05) is 6.54 Å². The van der Waals surface area contributed by atoms with E-state index in [1.165, 1.54) is 37.9 Å². The van der Waals surface area contributed by atoms with Crippen molar-refractivity contribution in [1.82, 2.24) is 4.90 Å². The average molecular weight is 414 g/mol. The summed E-state index contributed by atoms with van der Waals surface area (Å²) in [5.41, 5.74) is 1.17. The summed E-state index contributed by atoms with van der Waals surface area (Å²) in [5.74, 6) is 2.49. The zero-order valence-electron chi connectivity index (χ0n) is 17.3. The first-order valence-electron chi connectivity index (χ1n) is 10.7. The standard InChI is InChI=1S/C24H31NO3S/c1-17(2)24-23(28-21-11-8-19(26)16-22(21)29-24)18-6-9-20(10-7-18)27-15-14-25-12-4-3-5-13-25/h6-11,16-17,23-24,26H,3-5,12-15H2,1-2H3/t23-,24?/m1/s1. The second-order valence-corrected chi connectivity index (χ2v) is 9.54. The molecule has 0 aromatic heterocycles. The molecule has 2 aliphatic rings. The molecule has 0 radical (unpaired) electrons. The maximum atomic E-state index is 9.79. The summed E-state index contributed by atoms with van der Waals surface area (Å²) in [4.78, 5) is 3.51. The van der Waals surface area contributed by atoms with E-state index in [-0.39, 0.29) is 17.1 Å². The first-order valence-corrected chi connectivity index (χ1v) is 11.6. The van der Waals surface area contributed by atoms with Gasteiger partial charge in [-0.15, -0.1) is 11.8 Å². The topological polar surface area (TPSA) is 41.9 Å². The number of ether oxygens (including phenoxy) is 2. The van der Waals surface area contributed by atoms with Gasteiger partial charge in [-0.2, -0.15) is 0 Å². The normalized spacial score (nSPS) is 22.2. The molecule has 2 atom stereocenters. The molecule has 29 heavy (non-hydrogen) atoms. The van der Waals surface area contributed by atoms with Crippen LogP contribution in [0.5, 0.6) is 17.2 Å². The summed E-state index contributed by atoms with van der Waals surface area (Å²) < 4.78 is 12.3. The Labute approximate surface area is 178 Å². The van der Waals surface area contributed by atoms with Crippen LogP contribution in [0.4, 0.5) is 0 Å². The van der Waals surface area contributed by atoms with Gasteiger partial charge in [-0.3, -0.25) is 4.90 Å². The van der Waals surface area contributed by atoms with E-state index in [2.05, 4.69) is 43.0 Å². The number of benzene rings is 2. The van der Waals surface area contributed by atoms with Crippen LogP contribution in [-0.4, -0.2) is 41.5 Å². The van der Waals surface area contributed by atoms with Crippen LogP contribution in [0.25, 0.3) is 0 Å². The van der Waals surface area contributed by atoms with Crippen molar-refractivity contribution in [2.45, 2.75) is 49.4 Å². The van der Waals surface area contributed by atoms with Crippen LogP contribution in [0.1, 0.15) is 44.8 Å². The fourth-order valence-corrected chi connectivity index (χ4v) is 5.39. The second kappa shape index (κ2) is 9.31. The van der Waals surface area contributed by atoms with Crippen LogP contribution in [0.2, 0.25) is 0 Å². The SMILES string of the molecule is CC(C)C1Sc2cc(O)ccc2O[C@@H]1c1ccc(OCCN2CCCCC2)cc1. The predicted molar refractivity (Wildman–Crippen MR) is 118 cm³/mol. The van der Waals surface area contributed by atoms with Crippen LogP contribution in [-0.2, 0) is 0 Å². The molecule has 0 amide bonds. The van der Waals surface area contributed by atoms with E-state index in [9.17, 15) is 5.11 Å². The molecule has 0 bridgehead atoms. The summed E-state index contributed by atoms with van der Waals surface area (Å²) in [6, 6.07) is 13.7. The van der Waals surface area contributed by atoms with E-state index in [0.29, 0.717) is 5.92 Å². The summed E-state index contributed by atoms with van der Waals surface area (Å²) in [6.07, 6.45) is 3.98. The van der Waals surface area contributed by atoms with Gasteiger partial charge in [0.2, 0.25) is 0 Å². The average Bonchev–Trinajstić information content (AvgIpc) is 2.74. The number of hydrogen-bond donors (Lipinski definition) is 1. The molecule has 1 saturated heterocycles. The number of phenols is 1. The van der Waals surface area contributed by atoms with E-state index >= 15 is 0 Å². The third-order valence-electron chi connectivity index (χ3n) is 5.73. The second-order valence-electron chi connectivity index (χ2n) is 8.32. The first-order chi connectivity index (χ1) is 14.1. The number of aromatic hydroxyl groups is 1. The minimum atomic E-state index is -0.0144. The molecule has 0 aliphatic carbocycles. The molecule has 2 aromatic rings. The maximum absolute atomic E-state index is 9.79. The van der Waals surface area contributed by atoms with Gasteiger partial charge in [0.05, 0.1) is 10.1 Å². The highest BCUT2D eigenvalue weighted by molar-refractivity contribution is 8.00. The molecular formula is C24H31NO3S. The molecule has 2 aliphatic heterocycles. The summed E-state index contributed by atoms with van der Waals surface area (Å²) in [7, 11) is 0. The Morgan fingerprint density at radius 1 is 1.10 bits per heavy atom. The predicted octanol–water partition coefficient (Wildman–Crippen LogP) is 5.51. The molecular weight excluding hydrogens is 382 g/mol. The smallest absolute Gasteiger partial charge is 0.136 e. The zero-order valence-corrected chi connectivity index (χ0v) is 18.2. The van der Waals surface area contributed by atoms with Crippen LogP contribution in [0.3, 0.4) is 0 Å². The van der Waals surface area contributed by atoms with E-state index < -0.39 is 0 Å². The molecule has 4 rings (SSSR count). The molecule has 1 unspecified atom stereocenters. The maximum Gasteiger partial charge on any atom is 0.136 e. The van der Waals surface area contributed by atoms with Crippen molar-refractivity contribution in [2.24, 2.45) is 5.92 Å². The van der Waals surface area contributed by atoms with Gasteiger partial charge in [0.25, 0.3) is 0 Å². The van der Waals surface area contributed by atoms with E-state index in [0.717, 1.165) is 29.5 Å². The van der Waals surface area contributed by atoms with Gasteiger partial charge >= 0.3 is 0 Å². The molecule has 2 aromatic carbocycles. The Morgan fingerprint density at radius 3 is 2.59 bits per heavy atom. The van der Waals surface area contributed by atoms with E-state index in [1.807, 2.05) is 6.07 Å². The quantitative estimate of drug-likeness (QED) is 0.676. The van der Waals surface area contributed by atoms with Crippen molar-refractivity contribution in [3.63, 3.8) is 0 Å². The highest BCUT2D eigenvalue weighted by atomic mass is 32.2. The van der Waals surface area contributed by atoms with Crippen molar-refractivity contribution in [3.05, 3.63) is 48.0 Å². The van der Waals surface area contributed by atoms with Crippen LogP contribution in [0, 0.1) is 5.92 Å². The summed E-state index contributed by atoms with van der Waals surface area (Å²) >= 11 is 1.79. The zero-order chi connectivity index (χ0) is 20.2. The van der Waals surface area contributed by atoms with Crippen molar-refractivity contribution < 1.29 is 14.6 Å². The van der Waals surface area contributed by atoms with Crippen LogP contribution < -0.4 is 9.47 Å². The largest absolute Gasteiger partial charge is 0.508 e. The molecule has 156 valence electrons. The fraction of sp³-hybridized carbons (Fsp3) is 0.500. The van der Waals surface area contributed by atoms with Gasteiger partial charge in [0.1, 0.15) is 30.0 Å². The monoisotopic (exact) mass is 413 g/mol. The lowest BCUT2D eigenvalue weighted by atomic mass is 9.98. The Bertz CT molecular complexity index is 802. The Kier molecular flexibility index (Phi) is 6.56. The van der Waals surface area contributed by atoms with Crippen molar-refractivity contribution in [2.75, 3.05) is 26.2 Å². The molecule has 0 saturated carbocycles. The van der Waals surface area contributed by atoms with Crippen molar-refractivity contribution in [3.8, 4) is 17.2 Å². The number of fused-ring (bicyclic) bond motifs is 1. The highest BCUT2D eigenvalue weighted by Crippen LogP contribution is 2.48. The third kappa shape index (κ3) is 5.01. The van der Waals surface area contributed by atoms with Gasteiger partial charge in [-0.1, -0.05) is 32.4 Å². The highest BCUT2D eigenvalue weighted by Gasteiger charge is 2.34. The molecule has 1 fully saturated rings. The van der Waals surface area contributed by atoms with E-state index in [4.69, 9.17) is 9.47 Å². The Hall–Kier alpha value is -1.85. The summed E-state index contributed by atoms with van der Waals surface area (Å²) in [5, 5.41) is 10.1. The number of likely N-dealkylation sites (tertiary alicyclic amines) is 1. The minimum Gasteiger partial charge on any atom is -0.508 e. The first kappa shape index (κ1) is 20.4. The van der Waals surface area contributed by atoms with Crippen molar-refractivity contribution >= 4 is 11.8 Å². The van der Waals surface area contributed by atoms with Crippen molar-refractivity contribution in [1.29, 1.82) is 0 Å². The van der Waals surface area contributed by atoms with Gasteiger partial charge < -0.3 is 14.6 Å². The Morgan fingerprint density at radius 2 is 1.86 bits per heavy atom. The lowest BCUT2D eigenvalue weighted by molar-refractivity contribution is 0.172. The number of rotatable bonds is 6. The third-order valence-corrected chi connectivity index (χ3v) is 7.37. The molecule has 1 N–H and O–H groups in total. The van der Waals surface area contributed by atoms with Crippen LogP contribution in [0.15, 0.2) is 47.4 Å². The molecule has 4 nitrogen and oxygen atoms in total. The van der Waals surface area contributed by atoms with Crippen LogP contribution >= 0.6 is 11.8 Å².